The van der Waals surface area contributed by atoms with Crippen molar-refractivity contribution in [2.24, 2.45) is 11.8 Å². The lowest BCUT2D eigenvalue weighted by molar-refractivity contribution is -0.172. The second-order valence-corrected chi connectivity index (χ2v) is 7.12. The number of carbonyl (C=O) groups is 2. The van der Waals surface area contributed by atoms with Gasteiger partial charge in [-0.05, 0) is 57.3 Å². The van der Waals surface area contributed by atoms with E-state index in [1.54, 1.807) is 0 Å². The molecule has 0 aromatic heterocycles. The normalized spacial score (nSPS) is 21.1. The molecule has 0 amide bonds. The first-order chi connectivity index (χ1) is 10.6. The van der Waals surface area contributed by atoms with Crippen LogP contribution in [0.4, 0.5) is 0 Å². The molecule has 2 rings (SSSR count). The second-order valence-electron chi connectivity index (χ2n) is 7.12. The molecule has 4 nitrogen and oxygen atoms in total. The van der Waals surface area contributed by atoms with Crippen LogP contribution in [0.1, 0.15) is 78.1 Å². The van der Waals surface area contributed by atoms with Gasteiger partial charge < -0.3 is 9.47 Å². The van der Waals surface area contributed by atoms with Gasteiger partial charge in [0.1, 0.15) is 12.2 Å². The van der Waals surface area contributed by atoms with E-state index in [9.17, 15) is 9.59 Å². The molecule has 4 heteroatoms. The van der Waals surface area contributed by atoms with Crippen molar-refractivity contribution in [1.82, 2.24) is 0 Å². The van der Waals surface area contributed by atoms with Crippen LogP contribution in [0.5, 0.6) is 0 Å². The van der Waals surface area contributed by atoms with Crippen LogP contribution < -0.4 is 0 Å². The van der Waals surface area contributed by atoms with E-state index >= 15 is 0 Å². The molecule has 0 radical (unpaired) electrons. The molecule has 0 atom stereocenters. The van der Waals surface area contributed by atoms with Crippen molar-refractivity contribution in [2.45, 2.75) is 90.3 Å². The fourth-order valence-corrected chi connectivity index (χ4v) is 3.48. The van der Waals surface area contributed by atoms with Gasteiger partial charge in [-0.1, -0.05) is 26.7 Å². The smallest absolute Gasteiger partial charge is 0.320 e. The second kappa shape index (κ2) is 8.54. The first-order valence-electron chi connectivity index (χ1n) is 8.99. The summed E-state index contributed by atoms with van der Waals surface area (Å²) in [6, 6.07) is 0. The Balaban J connectivity index is 1.89. The monoisotopic (exact) mass is 310 g/mol. The minimum atomic E-state index is -0.774. The molecule has 0 spiro atoms. The summed E-state index contributed by atoms with van der Waals surface area (Å²) in [5, 5.41) is 0. The van der Waals surface area contributed by atoms with E-state index in [4.69, 9.17) is 9.47 Å². The molecule has 0 saturated heterocycles. The molecule has 0 aliphatic heterocycles. The quantitative estimate of drug-likeness (QED) is 0.568. The van der Waals surface area contributed by atoms with E-state index in [2.05, 4.69) is 0 Å². The van der Waals surface area contributed by atoms with E-state index in [0.717, 1.165) is 51.4 Å². The van der Waals surface area contributed by atoms with Crippen LogP contribution in [-0.2, 0) is 19.1 Å². The number of esters is 2. The Hall–Kier alpha value is -1.06. The predicted molar refractivity (Wildman–Crippen MR) is 84.3 cm³/mol. The summed E-state index contributed by atoms with van der Waals surface area (Å²) in [6.07, 6.45) is 10.5. The van der Waals surface area contributed by atoms with Crippen molar-refractivity contribution in [1.29, 1.82) is 0 Å². The molecule has 0 N–H and O–H groups in total. The van der Waals surface area contributed by atoms with E-state index in [1.165, 1.54) is 12.8 Å². The van der Waals surface area contributed by atoms with Crippen LogP contribution in [0, 0.1) is 11.8 Å². The average Bonchev–Trinajstić information content (AvgIpc) is 2.48. The molecule has 22 heavy (non-hydrogen) atoms. The Morgan fingerprint density at radius 2 is 1.09 bits per heavy atom. The van der Waals surface area contributed by atoms with Crippen LogP contribution in [0.3, 0.4) is 0 Å². The van der Waals surface area contributed by atoms with Crippen molar-refractivity contribution < 1.29 is 19.1 Å². The summed E-state index contributed by atoms with van der Waals surface area (Å²) in [6.45, 7) is 3.77. The van der Waals surface area contributed by atoms with Crippen molar-refractivity contribution in [2.75, 3.05) is 0 Å². The van der Waals surface area contributed by atoms with Crippen molar-refractivity contribution in [3.05, 3.63) is 0 Å². The first kappa shape index (κ1) is 17.3. The SMILES string of the molecule is CC(C)C(C(=O)OC1CCCCC1)C(=O)OC1CCCCC1. The zero-order valence-electron chi connectivity index (χ0n) is 14.0. The predicted octanol–water partition coefficient (Wildman–Crippen LogP) is 4.01. The van der Waals surface area contributed by atoms with Gasteiger partial charge in [0, 0.05) is 0 Å². The van der Waals surface area contributed by atoms with Gasteiger partial charge in [-0.25, -0.2) is 0 Å². The molecule has 2 fully saturated rings. The van der Waals surface area contributed by atoms with Gasteiger partial charge in [0.15, 0.2) is 5.92 Å². The summed E-state index contributed by atoms with van der Waals surface area (Å²) in [5.74, 6) is -1.64. The summed E-state index contributed by atoms with van der Waals surface area (Å²) in [5.41, 5.74) is 0. The van der Waals surface area contributed by atoms with Gasteiger partial charge in [-0.3, -0.25) is 9.59 Å². The van der Waals surface area contributed by atoms with Crippen LogP contribution in [0.15, 0.2) is 0 Å². The lowest BCUT2D eigenvalue weighted by Gasteiger charge is -2.27. The molecule has 126 valence electrons. The summed E-state index contributed by atoms with van der Waals surface area (Å²) >= 11 is 0. The van der Waals surface area contributed by atoms with Crippen LogP contribution >= 0.6 is 0 Å². The highest BCUT2D eigenvalue weighted by atomic mass is 16.6. The highest BCUT2D eigenvalue weighted by molar-refractivity contribution is 5.95. The highest BCUT2D eigenvalue weighted by Gasteiger charge is 2.36. The molecule has 0 unspecified atom stereocenters. The number of hydrogen-bond acceptors (Lipinski definition) is 4. The Kier molecular flexibility index (Phi) is 6.71. The van der Waals surface area contributed by atoms with E-state index in [0.29, 0.717) is 0 Å². The molecular weight excluding hydrogens is 280 g/mol. The van der Waals surface area contributed by atoms with Crippen molar-refractivity contribution in [3.8, 4) is 0 Å². The molecule has 0 aromatic rings. The van der Waals surface area contributed by atoms with Crippen molar-refractivity contribution >= 4 is 11.9 Å². The summed E-state index contributed by atoms with van der Waals surface area (Å²) in [7, 11) is 0. The maximum Gasteiger partial charge on any atom is 0.320 e. The van der Waals surface area contributed by atoms with Crippen LogP contribution in [0.2, 0.25) is 0 Å². The molecule has 2 aliphatic rings. The van der Waals surface area contributed by atoms with E-state index in [1.807, 2.05) is 13.8 Å². The third kappa shape index (κ3) is 4.99. The molecular formula is C18H30O4. The lowest BCUT2D eigenvalue weighted by atomic mass is 9.94. The molecule has 0 bridgehead atoms. The highest BCUT2D eigenvalue weighted by Crippen LogP contribution is 2.26. The van der Waals surface area contributed by atoms with Crippen molar-refractivity contribution in [3.63, 3.8) is 0 Å². The minimum absolute atomic E-state index is 0.00928. The number of carbonyl (C=O) groups excluding carboxylic acids is 2. The Morgan fingerprint density at radius 3 is 1.41 bits per heavy atom. The largest absolute Gasteiger partial charge is 0.462 e. The van der Waals surface area contributed by atoms with E-state index in [-0.39, 0.29) is 30.1 Å². The third-order valence-electron chi connectivity index (χ3n) is 4.84. The van der Waals surface area contributed by atoms with Gasteiger partial charge in [-0.15, -0.1) is 0 Å². The van der Waals surface area contributed by atoms with Crippen LogP contribution in [0.25, 0.3) is 0 Å². The standard InChI is InChI=1S/C18H30O4/c1-13(2)16(17(19)21-14-9-5-3-6-10-14)18(20)22-15-11-7-4-8-12-15/h13-16H,3-12H2,1-2H3. The zero-order valence-corrected chi connectivity index (χ0v) is 14.0. The number of hydrogen-bond donors (Lipinski definition) is 0. The molecule has 0 aromatic carbocycles. The van der Waals surface area contributed by atoms with Gasteiger partial charge in [-0.2, -0.15) is 0 Å². The van der Waals surface area contributed by atoms with Gasteiger partial charge in [0.25, 0.3) is 0 Å². The van der Waals surface area contributed by atoms with Gasteiger partial charge in [0.2, 0.25) is 0 Å². The Morgan fingerprint density at radius 1 is 0.727 bits per heavy atom. The Labute approximate surface area is 133 Å². The maximum absolute atomic E-state index is 12.4. The molecule has 2 aliphatic carbocycles. The topological polar surface area (TPSA) is 52.6 Å². The lowest BCUT2D eigenvalue weighted by Crippen LogP contribution is -2.37. The fraction of sp³-hybridized carbons (Fsp3) is 0.889. The van der Waals surface area contributed by atoms with Crippen LogP contribution in [-0.4, -0.2) is 24.1 Å². The van der Waals surface area contributed by atoms with Gasteiger partial charge in [0.05, 0.1) is 0 Å². The maximum atomic E-state index is 12.4. The van der Waals surface area contributed by atoms with Gasteiger partial charge >= 0.3 is 11.9 Å². The average molecular weight is 310 g/mol. The fourth-order valence-electron chi connectivity index (χ4n) is 3.48. The first-order valence-corrected chi connectivity index (χ1v) is 8.99. The molecule has 0 heterocycles. The number of rotatable bonds is 5. The summed E-state index contributed by atoms with van der Waals surface area (Å²) in [4.78, 5) is 24.8. The third-order valence-corrected chi connectivity index (χ3v) is 4.84. The van der Waals surface area contributed by atoms with E-state index < -0.39 is 5.92 Å². The molecule has 2 saturated carbocycles. The zero-order chi connectivity index (χ0) is 15.9. The summed E-state index contributed by atoms with van der Waals surface area (Å²) < 4.78 is 11.2. The minimum Gasteiger partial charge on any atom is -0.462 e. The Bertz CT molecular complexity index is 333. The number of ether oxygens (including phenoxy) is 2.